The maximum atomic E-state index is 11.7. The molecule has 0 aromatic heterocycles. The molecule has 2 rings (SSSR count). The summed E-state index contributed by atoms with van der Waals surface area (Å²) in [5, 5.41) is 4.07. The van der Waals surface area contributed by atoms with E-state index in [0.29, 0.717) is 5.75 Å². The van der Waals surface area contributed by atoms with E-state index in [1.165, 1.54) is 0 Å². The van der Waals surface area contributed by atoms with Crippen LogP contribution in [0.5, 0.6) is 5.75 Å². The maximum Gasteiger partial charge on any atom is 0.277 e. The van der Waals surface area contributed by atoms with Crippen molar-refractivity contribution in [2.75, 3.05) is 6.61 Å². The van der Waals surface area contributed by atoms with Crippen LogP contribution in [0.2, 0.25) is 0 Å². The molecule has 0 aliphatic rings. The Balaban J connectivity index is 1.86. The summed E-state index contributed by atoms with van der Waals surface area (Å²) in [5.74, 6) is 0.314. The molecule has 0 aliphatic carbocycles. The van der Waals surface area contributed by atoms with Gasteiger partial charge >= 0.3 is 0 Å². The molecule has 6 heteroatoms. The Morgan fingerprint density at radius 1 is 1.14 bits per heavy atom. The molecule has 1 N–H and O–H groups in total. The van der Waals surface area contributed by atoms with Crippen molar-refractivity contribution >= 4 is 43.5 Å². The van der Waals surface area contributed by atoms with Crippen molar-refractivity contribution in [3.8, 4) is 5.75 Å². The first-order chi connectivity index (χ1) is 10.5. The van der Waals surface area contributed by atoms with Crippen LogP contribution in [-0.4, -0.2) is 18.2 Å². The number of amides is 1. The highest BCUT2D eigenvalue weighted by Gasteiger charge is 2.03. The Morgan fingerprint density at radius 2 is 1.86 bits per heavy atom. The van der Waals surface area contributed by atoms with E-state index in [2.05, 4.69) is 42.4 Å². The summed E-state index contributed by atoms with van der Waals surface area (Å²) < 4.78 is 7.28. The monoisotopic (exact) mass is 424 g/mol. The van der Waals surface area contributed by atoms with Gasteiger partial charge in [-0.05, 0) is 42.8 Å². The fraction of sp³-hybridized carbons (Fsp3) is 0.125. The molecule has 0 saturated heterocycles. The average molecular weight is 426 g/mol. The summed E-state index contributed by atoms with van der Waals surface area (Å²) in [4.78, 5) is 11.7. The SMILES string of the molecule is C/C(=N/NC(=O)COc1cccc(Br)c1)c1ccc(Br)cc1. The minimum absolute atomic E-state index is 0.0897. The average Bonchev–Trinajstić information content (AvgIpc) is 2.51. The molecule has 2 aromatic rings. The van der Waals surface area contributed by atoms with Gasteiger partial charge in [0.15, 0.2) is 6.61 Å². The molecule has 22 heavy (non-hydrogen) atoms. The number of hydrogen-bond donors (Lipinski definition) is 1. The lowest BCUT2D eigenvalue weighted by Crippen LogP contribution is -2.25. The first-order valence-corrected chi connectivity index (χ1v) is 8.10. The molecule has 0 fully saturated rings. The Hall–Kier alpha value is -1.66. The van der Waals surface area contributed by atoms with Gasteiger partial charge in [0.2, 0.25) is 0 Å². The van der Waals surface area contributed by atoms with E-state index < -0.39 is 0 Å². The predicted octanol–water partition coefficient (Wildman–Crippen LogP) is 4.13. The number of halogens is 2. The van der Waals surface area contributed by atoms with Crippen molar-refractivity contribution in [2.24, 2.45) is 5.10 Å². The zero-order chi connectivity index (χ0) is 15.9. The largest absolute Gasteiger partial charge is 0.484 e. The summed E-state index contributed by atoms with van der Waals surface area (Å²) in [6.45, 7) is 1.74. The number of carbonyl (C=O) groups excluding carboxylic acids is 1. The Bertz CT molecular complexity index is 685. The van der Waals surface area contributed by atoms with Crippen molar-refractivity contribution in [2.45, 2.75) is 6.92 Å². The quantitative estimate of drug-likeness (QED) is 0.578. The fourth-order valence-electron chi connectivity index (χ4n) is 1.64. The lowest BCUT2D eigenvalue weighted by atomic mass is 10.1. The molecule has 1 amide bonds. The molecule has 4 nitrogen and oxygen atoms in total. The van der Waals surface area contributed by atoms with Crippen LogP contribution >= 0.6 is 31.9 Å². The molecular weight excluding hydrogens is 412 g/mol. The van der Waals surface area contributed by atoms with Crippen molar-refractivity contribution in [1.29, 1.82) is 0 Å². The topological polar surface area (TPSA) is 50.7 Å². The third-order valence-corrected chi connectivity index (χ3v) is 3.80. The molecule has 0 atom stereocenters. The highest BCUT2D eigenvalue weighted by Crippen LogP contribution is 2.17. The standard InChI is InChI=1S/C16H14Br2N2O2/c1-11(12-5-7-13(17)8-6-12)19-20-16(21)10-22-15-4-2-3-14(18)9-15/h2-9H,10H2,1H3,(H,20,21)/b19-11-. The van der Waals surface area contributed by atoms with Crippen LogP contribution in [0, 0.1) is 0 Å². The van der Waals surface area contributed by atoms with Gasteiger partial charge < -0.3 is 4.74 Å². The normalized spacial score (nSPS) is 11.1. The Kier molecular flexibility index (Phi) is 6.15. The number of rotatable bonds is 5. The molecule has 114 valence electrons. The second kappa shape index (κ2) is 8.10. The first-order valence-electron chi connectivity index (χ1n) is 6.52. The minimum atomic E-state index is -0.309. The van der Waals surface area contributed by atoms with E-state index in [4.69, 9.17) is 4.74 Å². The van der Waals surface area contributed by atoms with Gasteiger partial charge in [0, 0.05) is 8.95 Å². The number of hydrazone groups is 1. The van der Waals surface area contributed by atoms with Crippen molar-refractivity contribution in [3.05, 3.63) is 63.0 Å². The van der Waals surface area contributed by atoms with E-state index in [0.717, 1.165) is 20.2 Å². The smallest absolute Gasteiger partial charge is 0.277 e. The number of nitrogens with one attached hydrogen (secondary N) is 1. The molecule has 0 aliphatic heterocycles. The molecule has 0 heterocycles. The maximum absolute atomic E-state index is 11.7. The Morgan fingerprint density at radius 3 is 2.55 bits per heavy atom. The molecule has 2 aromatic carbocycles. The highest BCUT2D eigenvalue weighted by molar-refractivity contribution is 9.10. The number of hydrogen-bond acceptors (Lipinski definition) is 3. The summed E-state index contributed by atoms with van der Waals surface area (Å²) in [6.07, 6.45) is 0. The van der Waals surface area contributed by atoms with Gasteiger partial charge in [-0.3, -0.25) is 4.79 Å². The van der Waals surface area contributed by atoms with Crippen LogP contribution in [0.4, 0.5) is 0 Å². The van der Waals surface area contributed by atoms with Crippen LogP contribution < -0.4 is 10.2 Å². The van der Waals surface area contributed by atoms with Crippen LogP contribution in [-0.2, 0) is 4.79 Å². The number of ether oxygens (including phenoxy) is 1. The first kappa shape index (κ1) is 16.7. The lowest BCUT2D eigenvalue weighted by Gasteiger charge is -2.06. The summed E-state index contributed by atoms with van der Waals surface area (Å²) in [5.41, 5.74) is 4.15. The molecule has 0 radical (unpaired) electrons. The van der Waals surface area contributed by atoms with E-state index in [1.807, 2.05) is 43.3 Å². The molecule has 0 spiro atoms. The van der Waals surface area contributed by atoms with E-state index in [1.54, 1.807) is 12.1 Å². The highest BCUT2D eigenvalue weighted by atomic mass is 79.9. The van der Waals surface area contributed by atoms with Crippen LogP contribution in [0.25, 0.3) is 0 Å². The lowest BCUT2D eigenvalue weighted by molar-refractivity contribution is -0.123. The van der Waals surface area contributed by atoms with E-state index in [9.17, 15) is 4.79 Å². The van der Waals surface area contributed by atoms with Crippen molar-refractivity contribution in [3.63, 3.8) is 0 Å². The van der Waals surface area contributed by atoms with Crippen LogP contribution in [0.3, 0.4) is 0 Å². The number of nitrogens with zero attached hydrogens (tertiary/aromatic N) is 1. The van der Waals surface area contributed by atoms with Crippen molar-refractivity contribution in [1.82, 2.24) is 5.43 Å². The van der Waals surface area contributed by atoms with Crippen LogP contribution in [0.15, 0.2) is 62.6 Å². The van der Waals surface area contributed by atoms with Gasteiger partial charge in [-0.1, -0.05) is 50.1 Å². The summed E-state index contributed by atoms with van der Waals surface area (Å²) >= 11 is 6.72. The molecule has 0 unspecified atom stereocenters. The summed E-state index contributed by atoms with van der Waals surface area (Å²) in [7, 11) is 0. The second-order valence-electron chi connectivity index (χ2n) is 4.49. The van der Waals surface area contributed by atoms with E-state index >= 15 is 0 Å². The van der Waals surface area contributed by atoms with Gasteiger partial charge in [0.05, 0.1) is 5.71 Å². The summed E-state index contributed by atoms with van der Waals surface area (Å²) in [6, 6.07) is 15.0. The molecule has 0 saturated carbocycles. The number of carbonyl (C=O) groups is 1. The van der Waals surface area contributed by atoms with E-state index in [-0.39, 0.29) is 12.5 Å². The third kappa shape index (κ3) is 5.27. The fourth-order valence-corrected chi connectivity index (χ4v) is 2.28. The van der Waals surface area contributed by atoms with Crippen molar-refractivity contribution < 1.29 is 9.53 Å². The van der Waals surface area contributed by atoms with Crippen LogP contribution in [0.1, 0.15) is 12.5 Å². The van der Waals surface area contributed by atoms with Gasteiger partial charge in [-0.15, -0.1) is 0 Å². The minimum Gasteiger partial charge on any atom is -0.484 e. The zero-order valence-electron chi connectivity index (χ0n) is 11.8. The van der Waals surface area contributed by atoms with Gasteiger partial charge in [0.1, 0.15) is 5.75 Å². The Labute approximate surface area is 145 Å². The molecular formula is C16H14Br2N2O2. The molecule has 0 bridgehead atoms. The predicted molar refractivity (Wildman–Crippen MR) is 94.1 cm³/mol. The number of benzene rings is 2. The van der Waals surface area contributed by atoms with Gasteiger partial charge in [-0.25, -0.2) is 5.43 Å². The van der Waals surface area contributed by atoms with Gasteiger partial charge in [-0.2, -0.15) is 5.10 Å². The van der Waals surface area contributed by atoms with Gasteiger partial charge in [0.25, 0.3) is 5.91 Å². The third-order valence-electron chi connectivity index (χ3n) is 2.78. The second-order valence-corrected chi connectivity index (χ2v) is 6.32. The zero-order valence-corrected chi connectivity index (χ0v) is 15.0.